The first kappa shape index (κ1) is 11.9. The van der Waals surface area contributed by atoms with Gasteiger partial charge in [0, 0.05) is 16.3 Å². The summed E-state index contributed by atoms with van der Waals surface area (Å²) in [5.41, 5.74) is 1.88. The van der Waals surface area contributed by atoms with E-state index < -0.39 is 0 Å². The van der Waals surface area contributed by atoms with Gasteiger partial charge in [-0.3, -0.25) is 4.99 Å². The van der Waals surface area contributed by atoms with E-state index >= 15 is 0 Å². The van der Waals surface area contributed by atoms with Crippen LogP contribution < -0.4 is 0 Å². The van der Waals surface area contributed by atoms with Crippen LogP contribution in [0.5, 0.6) is 5.75 Å². The minimum Gasteiger partial charge on any atom is -0.507 e. The minimum atomic E-state index is 0.257. The number of hydrogen-bond acceptors (Lipinski definition) is 2. The van der Waals surface area contributed by atoms with Gasteiger partial charge in [0.2, 0.25) is 0 Å². The predicted octanol–water partition coefficient (Wildman–Crippen LogP) is 3.77. The zero-order valence-corrected chi connectivity index (χ0v) is 10.8. The SMILES string of the molecule is Oc1ccccc1C=NCc1ccc(Br)cc1. The van der Waals surface area contributed by atoms with E-state index in [2.05, 4.69) is 20.9 Å². The summed E-state index contributed by atoms with van der Waals surface area (Å²) in [4.78, 5) is 4.30. The Morgan fingerprint density at radius 1 is 1.06 bits per heavy atom. The molecule has 2 aromatic rings. The van der Waals surface area contributed by atoms with Crippen LogP contribution in [0.1, 0.15) is 11.1 Å². The van der Waals surface area contributed by atoms with Crippen LogP contribution in [0.3, 0.4) is 0 Å². The molecule has 1 N–H and O–H groups in total. The van der Waals surface area contributed by atoms with Crippen molar-refractivity contribution < 1.29 is 5.11 Å². The molecule has 17 heavy (non-hydrogen) atoms. The second kappa shape index (κ2) is 5.64. The molecule has 86 valence electrons. The first-order valence-corrected chi connectivity index (χ1v) is 6.07. The summed E-state index contributed by atoms with van der Waals surface area (Å²) >= 11 is 3.39. The van der Waals surface area contributed by atoms with Gasteiger partial charge in [-0.1, -0.05) is 40.2 Å². The number of para-hydroxylation sites is 1. The van der Waals surface area contributed by atoms with E-state index in [-0.39, 0.29) is 5.75 Å². The minimum absolute atomic E-state index is 0.257. The van der Waals surface area contributed by atoms with E-state index in [0.717, 1.165) is 15.6 Å². The number of phenols is 1. The van der Waals surface area contributed by atoms with Crippen LogP contribution in [0.15, 0.2) is 58.0 Å². The van der Waals surface area contributed by atoms with E-state index in [4.69, 9.17) is 0 Å². The molecule has 0 atom stereocenters. The number of rotatable bonds is 3. The molecule has 0 aromatic heterocycles. The first-order chi connectivity index (χ1) is 8.25. The van der Waals surface area contributed by atoms with Crippen molar-refractivity contribution in [3.05, 3.63) is 64.1 Å². The molecule has 2 nitrogen and oxygen atoms in total. The molecule has 2 aromatic carbocycles. The number of benzene rings is 2. The van der Waals surface area contributed by atoms with Gasteiger partial charge < -0.3 is 5.11 Å². The monoisotopic (exact) mass is 289 g/mol. The van der Waals surface area contributed by atoms with Crippen molar-refractivity contribution in [1.82, 2.24) is 0 Å². The standard InChI is InChI=1S/C14H12BrNO/c15-13-7-5-11(6-8-13)9-16-10-12-3-1-2-4-14(12)17/h1-8,10,17H,9H2. The summed E-state index contributed by atoms with van der Waals surface area (Å²) in [6.45, 7) is 0.613. The Bertz CT molecular complexity index is 520. The van der Waals surface area contributed by atoms with Crippen LogP contribution in [-0.2, 0) is 6.54 Å². The summed E-state index contributed by atoms with van der Waals surface area (Å²) in [5, 5.41) is 9.55. The van der Waals surface area contributed by atoms with Crippen molar-refractivity contribution in [2.75, 3.05) is 0 Å². The lowest BCUT2D eigenvalue weighted by molar-refractivity contribution is 0.474. The molecule has 0 aliphatic carbocycles. The lowest BCUT2D eigenvalue weighted by Gasteiger charge is -1.98. The zero-order chi connectivity index (χ0) is 12.1. The summed E-state index contributed by atoms with van der Waals surface area (Å²) in [5.74, 6) is 0.257. The topological polar surface area (TPSA) is 32.6 Å². The number of aromatic hydroxyl groups is 1. The summed E-state index contributed by atoms with van der Waals surface area (Å²) < 4.78 is 1.06. The second-order valence-corrected chi connectivity index (χ2v) is 4.57. The molecule has 2 rings (SSSR count). The fourth-order valence-electron chi connectivity index (χ4n) is 1.44. The maximum absolute atomic E-state index is 9.55. The van der Waals surface area contributed by atoms with E-state index in [9.17, 15) is 5.11 Å². The Hall–Kier alpha value is -1.61. The quantitative estimate of drug-likeness (QED) is 0.857. The summed E-state index contributed by atoms with van der Waals surface area (Å²) in [6, 6.07) is 15.2. The van der Waals surface area contributed by atoms with Gasteiger partial charge in [-0.25, -0.2) is 0 Å². The number of phenolic OH excluding ortho intramolecular Hbond substituents is 1. The van der Waals surface area contributed by atoms with Crippen molar-refractivity contribution in [3.8, 4) is 5.75 Å². The number of aliphatic imine (C=N–C) groups is 1. The van der Waals surface area contributed by atoms with E-state index in [1.807, 2.05) is 36.4 Å². The molecule has 0 aliphatic heterocycles. The largest absolute Gasteiger partial charge is 0.507 e. The van der Waals surface area contributed by atoms with Crippen LogP contribution in [0, 0.1) is 0 Å². The maximum Gasteiger partial charge on any atom is 0.124 e. The highest BCUT2D eigenvalue weighted by Crippen LogP contribution is 2.14. The van der Waals surface area contributed by atoms with Gasteiger partial charge in [-0.2, -0.15) is 0 Å². The van der Waals surface area contributed by atoms with Crippen LogP contribution in [0.25, 0.3) is 0 Å². The van der Waals surface area contributed by atoms with Crippen molar-refractivity contribution in [3.63, 3.8) is 0 Å². The third-order valence-corrected chi connectivity index (χ3v) is 2.88. The van der Waals surface area contributed by atoms with Gasteiger partial charge in [-0.05, 0) is 29.8 Å². The average Bonchev–Trinajstić information content (AvgIpc) is 2.34. The van der Waals surface area contributed by atoms with Crippen LogP contribution in [-0.4, -0.2) is 11.3 Å². The van der Waals surface area contributed by atoms with Gasteiger partial charge in [0.05, 0.1) is 6.54 Å². The zero-order valence-electron chi connectivity index (χ0n) is 9.18. The lowest BCUT2D eigenvalue weighted by atomic mass is 10.2. The fourth-order valence-corrected chi connectivity index (χ4v) is 1.70. The summed E-state index contributed by atoms with van der Waals surface area (Å²) in [7, 11) is 0. The molecule has 3 heteroatoms. The Morgan fingerprint density at radius 2 is 1.76 bits per heavy atom. The van der Waals surface area contributed by atoms with Crippen LogP contribution in [0.2, 0.25) is 0 Å². The predicted molar refractivity (Wildman–Crippen MR) is 73.5 cm³/mol. The van der Waals surface area contributed by atoms with Crippen LogP contribution >= 0.6 is 15.9 Å². The lowest BCUT2D eigenvalue weighted by Crippen LogP contribution is -1.85. The van der Waals surface area contributed by atoms with Crippen molar-refractivity contribution in [2.24, 2.45) is 4.99 Å². The highest BCUT2D eigenvalue weighted by molar-refractivity contribution is 9.10. The number of nitrogens with zero attached hydrogens (tertiary/aromatic N) is 1. The molecule has 0 heterocycles. The van der Waals surface area contributed by atoms with Gasteiger partial charge in [0.15, 0.2) is 0 Å². The van der Waals surface area contributed by atoms with Gasteiger partial charge in [-0.15, -0.1) is 0 Å². The third kappa shape index (κ3) is 3.43. The normalized spacial score (nSPS) is 10.9. The maximum atomic E-state index is 9.55. The van der Waals surface area contributed by atoms with Crippen molar-refractivity contribution >= 4 is 22.1 Å². The molecular formula is C14H12BrNO. The molecule has 0 unspecified atom stereocenters. The van der Waals surface area contributed by atoms with Crippen LogP contribution in [0.4, 0.5) is 0 Å². The number of halogens is 1. The second-order valence-electron chi connectivity index (χ2n) is 3.66. The molecule has 0 bridgehead atoms. The molecule has 0 saturated heterocycles. The van der Waals surface area contributed by atoms with Gasteiger partial charge in [0.1, 0.15) is 5.75 Å². The van der Waals surface area contributed by atoms with Gasteiger partial charge in [0.25, 0.3) is 0 Å². The Morgan fingerprint density at radius 3 is 2.47 bits per heavy atom. The molecule has 0 radical (unpaired) electrons. The van der Waals surface area contributed by atoms with E-state index in [1.54, 1.807) is 18.3 Å². The van der Waals surface area contributed by atoms with Crippen molar-refractivity contribution in [1.29, 1.82) is 0 Å². The highest BCUT2D eigenvalue weighted by atomic mass is 79.9. The molecular weight excluding hydrogens is 278 g/mol. The smallest absolute Gasteiger partial charge is 0.124 e. The first-order valence-electron chi connectivity index (χ1n) is 5.28. The van der Waals surface area contributed by atoms with E-state index in [1.165, 1.54) is 0 Å². The average molecular weight is 290 g/mol. The molecule has 0 saturated carbocycles. The Kier molecular flexibility index (Phi) is 3.94. The molecule has 0 spiro atoms. The number of hydrogen-bond donors (Lipinski definition) is 1. The Balaban J connectivity index is 2.03. The molecule has 0 aliphatic rings. The highest BCUT2D eigenvalue weighted by Gasteiger charge is 1.95. The van der Waals surface area contributed by atoms with Crippen molar-refractivity contribution in [2.45, 2.75) is 6.54 Å². The molecule has 0 fully saturated rings. The van der Waals surface area contributed by atoms with Gasteiger partial charge >= 0.3 is 0 Å². The third-order valence-electron chi connectivity index (χ3n) is 2.35. The Labute approximate surface area is 109 Å². The summed E-state index contributed by atoms with van der Waals surface area (Å²) in [6.07, 6.45) is 1.69. The molecule has 0 amide bonds. The van der Waals surface area contributed by atoms with E-state index in [0.29, 0.717) is 6.54 Å². The fraction of sp³-hybridized carbons (Fsp3) is 0.0714.